The van der Waals surface area contributed by atoms with Gasteiger partial charge in [0.05, 0.1) is 12.3 Å². The molecule has 0 fully saturated rings. The molecule has 0 aliphatic heterocycles. The van der Waals surface area contributed by atoms with Gasteiger partial charge < -0.3 is 0 Å². The summed E-state index contributed by atoms with van der Waals surface area (Å²) in [7, 11) is 0. The van der Waals surface area contributed by atoms with Gasteiger partial charge in [0.2, 0.25) is 0 Å². The van der Waals surface area contributed by atoms with Crippen molar-refractivity contribution in [3.63, 3.8) is 0 Å². The molecule has 2 aromatic carbocycles. The fraction of sp³-hybridized carbons (Fsp3) is 0.0625. The molecule has 0 heterocycles. The molecule has 2 rings (SSSR count). The van der Waals surface area contributed by atoms with E-state index in [9.17, 15) is 9.18 Å². The molecule has 0 bridgehead atoms. The van der Waals surface area contributed by atoms with Gasteiger partial charge in [0.25, 0.3) is 5.91 Å². The third-order valence-electron chi connectivity index (χ3n) is 2.81. The summed E-state index contributed by atoms with van der Waals surface area (Å²) in [6.07, 6.45) is 1.20. The predicted molar refractivity (Wildman–Crippen MR) is 76.9 cm³/mol. The molecule has 1 atom stereocenters. The highest BCUT2D eigenvalue weighted by atomic mass is 19.1. The van der Waals surface area contributed by atoms with Crippen molar-refractivity contribution in [1.82, 2.24) is 5.43 Å². The van der Waals surface area contributed by atoms with Gasteiger partial charge in [-0.2, -0.15) is 10.4 Å². The first-order valence-corrected chi connectivity index (χ1v) is 6.24. The van der Waals surface area contributed by atoms with Crippen molar-refractivity contribution in [2.45, 2.75) is 5.92 Å². The fourth-order valence-electron chi connectivity index (χ4n) is 1.74. The lowest BCUT2D eigenvalue weighted by molar-refractivity contribution is -0.121. The molecule has 1 N–H and O–H groups in total. The number of rotatable bonds is 4. The number of carbonyl (C=O) groups excluding carboxylic acids is 1. The maximum absolute atomic E-state index is 13.3. The van der Waals surface area contributed by atoms with Gasteiger partial charge >= 0.3 is 0 Å². The summed E-state index contributed by atoms with van der Waals surface area (Å²) in [4.78, 5) is 11.9. The SMILES string of the molecule is N#C[C@@H](C(=O)N/N=C\c1ccccc1F)c1ccccc1. The molecule has 0 aliphatic carbocycles. The maximum atomic E-state index is 13.3. The quantitative estimate of drug-likeness (QED) is 0.691. The Hall–Kier alpha value is -3.00. The molecule has 0 aliphatic rings. The largest absolute Gasteiger partial charge is 0.271 e. The Balaban J connectivity index is 2.05. The second-order valence-electron chi connectivity index (χ2n) is 4.23. The van der Waals surface area contributed by atoms with Crippen LogP contribution in [0.3, 0.4) is 0 Å². The smallest absolute Gasteiger partial charge is 0.261 e. The van der Waals surface area contributed by atoms with E-state index in [-0.39, 0.29) is 5.56 Å². The van der Waals surface area contributed by atoms with Crippen LogP contribution in [0.25, 0.3) is 0 Å². The third-order valence-corrected chi connectivity index (χ3v) is 2.81. The predicted octanol–water partition coefficient (Wildman–Crippen LogP) is 2.58. The van der Waals surface area contributed by atoms with Crippen LogP contribution >= 0.6 is 0 Å². The number of nitrogens with zero attached hydrogens (tertiary/aromatic N) is 2. The van der Waals surface area contributed by atoms with Gasteiger partial charge in [-0.25, -0.2) is 9.82 Å². The average Bonchev–Trinajstić information content (AvgIpc) is 2.51. The Labute approximate surface area is 121 Å². The number of amides is 1. The van der Waals surface area contributed by atoms with Crippen LogP contribution in [0.1, 0.15) is 17.0 Å². The van der Waals surface area contributed by atoms with Gasteiger partial charge in [-0.1, -0.05) is 48.5 Å². The topological polar surface area (TPSA) is 65.2 Å². The minimum atomic E-state index is -0.955. The van der Waals surface area contributed by atoms with E-state index in [1.54, 1.807) is 42.5 Å². The van der Waals surface area contributed by atoms with Crippen molar-refractivity contribution in [1.29, 1.82) is 5.26 Å². The normalized spacial score (nSPS) is 11.8. The van der Waals surface area contributed by atoms with Gasteiger partial charge in [0, 0.05) is 5.56 Å². The summed E-state index contributed by atoms with van der Waals surface area (Å²) in [6, 6.07) is 16.6. The number of carbonyl (C=O) groups is 1. The van der Waals surface area contributed by atoms with Crippen LogP contribution in [0.4, 0.5) is 4.39 Å². The van der Waals surface area contributed by atoms with E-state index < -0.39 is 17.6 Å². The molecule has 0 saturated heterocycles. The minimum Gasteiger partial charge on any atom is -0.271 e. The molecular weight excluding hydrogens is 269 g/mol. The lowest BCUT2D eigenvalue weighted by atomic mass is 10.0. The maximum Gasteiger partial charge on any atom is 0.261 e. The van der Waals surface area contributed by atoms with Crippen molar-refractivity contribution in [2.75, 3.05) is 0 Å². The van der Waals surface area contributed by atoms with Crippen molar-refractivity contribution < 1.29 is 9.18 Å². The molecule has 104 valence electrons. The Morgan fingerprint density at radius 2 is 1.86 bits per heavy atom. The van der Waals surface area contributed by atoms with Gasteiger partial charge in [0.1, 0.15) is 5.82 Å². The van der Waals surface area contributed by atoms with Gasteiger partial charge in [0.15, 0.2) is 5.92 Å². The number of halogens is 1. The van der Waals surface area contributed by atoms with Crippen LogP contribution in [0.15, 0.2) is 59.7 Å². The highest BCUT2D eigenvalue weighted by molar-refractivity contribution is 5.88. The van der Waals surface area contributed by atoms with Gasteiger partial charge in [-0.15, -0.1) is 0 Å². The zero-order chi connectivity index (χ0) is 15.1. The molecule has 0 aromatic heterocycles. The summed E-state index contributed by atoms with van der Waals surface area (Å²) >= 11 is 0. The standard InChI is InChI=1S/C16H12FN3O/c17-15-9-5-4-8-13(15)11-19-20-16(21)14(10-18)12-6-2-1-3-7-12/h1-9,11,14H,(H,20,21)/b19-11-/t14-/m1/s1. The Kier molecular flexibility index (Phi) is 4.78. The number of hydrogen-bond acceptors (Lipinski definition) is 3. The van der Waals surface area contributed by atoms with E-state index in [1.165, 1.54) is 18.3 Å². The first-order chi connectivity index (χ1) is 10.2. The first kappa shape index (κ1) is 14.4. The third kappa shape index (κ3) is 3.74. The Bertz CT molecular complexity index is 692. The van der Waals surface area contributed by atoms with Crippen molar-refractivity contribution in [3.05, 3.63) is 71.5 Å². The highest BCUT2D eigenvalue weighted by Gasteiger charge is 2.19. The molecule has 0 spiro atoms. The molecule has 0 saturated carbocycles. The van der Waals surface area contributed by atoms with E-state index >= 15 is 0 Å². The monoisotopic (exact) mass is 281 g/mol. The number of nitrogens with one attached hydrogen (secondary N) is 1. The minimum absolute atomic E-state index is 0.256. The van der Waals surface area contributed by atoms with Crippen molar-refractivity contribution in [3.8, 4) is 6.07 Å². The highest BCUT2D eigenvalue weighted by Crippen LogP contribution is 2.14. The number of benzene rings is 2. The lowest BCUT2D eigenvalue weighted by Gasteiger charge is -2.07. The van der Waals surface area contributed by atoms with E-state index in [2.05, 4.69) is 10.5 Å². The Morgan fingerprint density at radius 1 is 1.19 bits per heavy atom. The van der Waals surface area contributed by atoms with Crippen LogP contribution in [0.5, 0.6) is 0 Å². The molecule has 0 unspecified atom stereocenters. The van der Waals surface area contributed by atoms with Crippen molar-refractivity contribution >= 4 is 12.1 Å². The van der Waals surface area contributed by atoms with Gasteiger partial charge in [-0.3, -0.25) is 4.79 Å². The molecule has 0 radical (unpaired) electrons. The molecule has 2 aromatic rings. The summed E-state index contributed by atoms with van der Waals surface area (Å²) < 4.78 is 13.3. The second kappa shape index (κ2) is 6.96. The van der Waals surface area contributed by atoms with Crippen LogP contribution in [0, 0.1) is 17.1 Å². The molecular formula is C16H12FN3O. The summed E-state index contributed by atoms with van der Waals surface area (Å²) in [5.41, 5.74) is 3.09. The second-order valence-corrected chi connectivity index (χ2v) is 4.23. The molecule has 4 nitrogen and oxygen atoms in total. The zero-order valence-electron chi connectivity index (χ0n) is 11.0. The molecule has 5 heteroatoms. The van der Waals surface area contributed by atoms with E-state index in [4.69, 9.17) is 5.26 Å². The summed E-state index contributed by atoms with van der Waals surface area (Å²) in [5, 5.41) is 12.8. The van der Waals surface area contributed by atoms with Crippen molar-refractivity contribution in [2.24, 2.45) is 5.10 Å². The van der Waals surface area contributed by atoms with Crippen LogP contribution in [-0.2, 0) is 4.79 Å². The van der Waals surface area contributed by atoms with E-state index in [0.29, 0.717) is 5.56 Å². The number of hydrazone groups is 1. The number of nitriles is 1. The fourth-order valence-corrected chi connectivity index (χ4v) is 1.74. The van der Waals surface area contributed by atoms with E-state index in [1.807, 2.05) is 6.07 Å². The molecule has 21 heavy (non-hydrogen) atoms. The van der Waals surface area contributed by atoms with E-state index in [0.717, 1.165) is 0 Å². The van der Waals surface area contributed by atoms with Gasteiger partial charge in [-0.05, 0) is 11.6 Å². The van der Waals surface area contributed by atoms with Crippen LogP contribution in [0.2, 0.25) is 0 Å². The Morgan fingerprint density at radius 3 is 2.52 bits per heavy atom. The van der Waals surface area contributed by atoms with Crippen LogP contribution in [-0.4, -0.2) is 12.1 Å². The first-order valence-electron chi connectivity index (χ1n) is 6.24. The van der Waals surface area contributed by atoms with Crippen LogP contribution < -0.4 is 5.43 Å². The zero-order valence-corrected chi connectivity index (χ0v) is 11.0. The summed E-state index contributed by atoms with van der Waals surface area (Å²) in [5.74, 6) is -1.95. The summed E-state index contributed by atoms with van der Waals surface area (Å²) in [6.45, 7) is 0. The lowest BCUT2D eigenvalue weighted by Crippen LogP contribution is -2.24. The average molecular weight is 281 g/mol. The molecule has 1 amide bonds. The number of hydrogen-bond donors (Lipinski definition) is 1.